The number of methoxy groups -OCH3 is 1. The molecule has 1 aliphatic heterocycles. The van der Waals surface area contributed by atoms with Crippen LogP contribution in [-0.2, 0) is 10.0 Å². The summed E-state index contributed by atoms with van der Waals surface area (Å²) in [5, 5.41) is 3.18. The lowest BCUT2D eigenvalue weighted by molar-refractivity contribution is 0.415. The highest BCUT2D eigenvalue weighted by molar-refractivity contribution is 7.92. The van der Waals surface area contributed by atoms with Crippen molar-refractivity contribution in [2.75, 3.05) is 35.6 Å². The molecule has 0 aliphatic carbocycles. The van der Waals surface area contributed by atoms with E-state index >= 15 is 0 Å². The van der Waals surface area contributed by atoms with Crippen LogP contribution in [0.15, 0.2) is 18.2 Å². The molecule has 1 aromatic carbocycles. The van der Waals surface area contributed by atoms with Crippen LogP contribution in [0.4, 0.5) is 11.4 Å². The van der Waals surface area contributed by atoms with Gasteiger partial charge in [0, 0.05) is 12.6 Å². The van der Waals surface area contributed by atoms with Crippen LogP contribution in [0.25, 0.3) is 0 Å². The standard InChI is InChI=1S/C11H16N2O3S/c1-3-17(14,15)13-7-6-12-10-8-9(16-2)4-5-11(10)13/h4-5,8,12H,3,6-7H2,1-2H3. The number of ether oxygens (including phenoxy) is 1. The Labute approximate surface area is 101 Å². The highest BCUT2D eigenvalue weighted by Crippen LogP contribution is 2.34. The smallest absolute Gasteiger partial charge is 0.235 e. The molecule has 1 aromatic rings. The second-order valence-corrected chi connectivity index (χ2v) is 5.96. The Balaban J connectivity index is 2.45. The fourth-order valence-corrected chi connectivity index (χ4v) is 3.00. The average Bonchev–Trinajstić information content (AvgIpc) is 2.37. The molecular weight excluding hydrogens is 240 g/mol. The monoisotopic (exact) mass is 256 g/mol. The number of sulfonamides is 1. The van der Waals surface area contributed by atoms with Gasteiger partial charge in [0.25, 0.3) is 0 Å². The molecule has 0 saturated carbocycles. The Bertz CT molecular complexity index is 513. The fraction of sp³-hybridized carbons (Fsp3) is 0.455. The van der Waals surface area contributed by atoms with Crippen LogP contribution in [0.5, 0.6) is 5.75 Å². The second kappa shape index (κ2) is 4.44. The Morgan fingerprint density at radius 1 is 1.47 bits per heavy atom. The summed E-state index contributed by atoms with van der Waals surface area (Å²) in [5.41, 5.74) is 1.49. The zero-order chi connectivity index (χ0) is 12.5. The minimum absolute atomic E-state index is 0.110. The maximum absolute atomic E-state index is 11.9. The van der Waals surface area contributed by atoms with Crippen molar-refractivity contribution in [3.63, 3.8) is 0 Å². The van der Waals surface area contributed by atoms with Crippen molar-refractivity contribution in [2.45, 2.75) is 6.92 Å². The zero-order valence-corrected chi connectivity index (χ0v) is 10.8. The van der Waals surface area contributed by atoms with Gasteiger partial charge in [-0.15, -0.1) is 0 Å². The topological polar surface area (TPSA) is 58.6 Å². The summed E-state index contributed by atoms with van der Waals surface area (Å²) in [5.74, 6) is 0.824. The van der Waals surface area contributed by atoms with Crippen molar-refractivity contribution in [2.24, 2.45) is 0 Å². The Kier molecular flexibility index (Phi) is 3.15. The number of hydrogen-bond acceptors (Lipinski definition) is 4. The summed E-state index contributed by atoms with van der Waals surface area (Å²) in [6.45, 7) is 2.73. The summed E-state index contributed by atoms with van der Waals surface area (Å²) in [6.07, 6.45) is 0. The first-order chi connectivity index (χ1) is 8.08. The van der Waals surface area contributed by atoms with E-state index in [1.165, 1.54) is 4.31 Å². The number of rotatable bonds is 3. The molecule has 2 rings (SSSR count). The highest BCUT2D eigenvalue weighted by atomic mass is 32.2. The van der Waals surface area contributed by atoms with E-state index in [1.807, 2.05) is 6.07 Å². The lowest BCUT2D eigenvalue weighted by Gasteiger charge is -2.31. The van der Waals surface area contributed by atoms with Gasteiger partial charge < -0.3 is 10.1 Å². The number of anilines is 2. The van der Waals surface area contributed by atoms with E-state index in [0.29, 0.717) is 24.5 Å². The first kappa shape index (κ1) is 12.0. The van der Waals surface area contributed by atoms with Gasteiger partial charge in [0.1, 0.15) is 5.75 Å². The van der Waals surface area contributed by atoms with Crippen LogP contribution in [0.1, 0.15) is 6.92 Å². The molecule has 0 radical (unpaired) electrons. The third kappa shape index (κ3) is 2.17. The van der Waals surface area contributed by atoms with E-state index in [1.54, 1.807) is 26.2 Å². The first-order valence-electron chi connectivity index (χ1n) is 5.51. The van der Waals surface area contributed by atoms with Crippen molar-refractivity contribution in [1.82, 2.24) is 0 Å². The van der Waals surface area contributed by atoms with Crippen LogP contribution in [0.2, 0.25) is 0 Å². The van der Waals surface area contributed by atoms with Gasteiger partial charge in [-0.2, -0.15) is 0 Å². The summed E-state index contributed by atoms with van der Waals surface area (Å²) in [4.78, 5) is 0. The number of nitrogens with zero attached hydrogens (tertiary/aromatic N) is 1. The molecule has 1 aliphatic rings. The molecule has 17 heavy (non-hydrogen) atoms. The molecule has 0 aromatic heterocycles. The lowest BCUT2D eigenvalue weighted by atomic mass is 10.2. The predicted molar refractivity (Wildman–Crippen MR) is 68.3 cm³/mol. The van der Waals surface area contributed by atoms with Gasteiger partial charge in [-0.3, -0.25) is 4.31 Å². The third-order valence-corrected chi connectivity index (χ3v) is 4.58. The second-order valence-electron chi connectivity index (χ2n) is 3.78. The molecule has 0 unspecified atom stereocenters. The van der Waals surface area contributed by atoms with Crippen molar-refractivity contribution in [1.29, 1.82) is 0 Å². The van der Waals surface area contributed by atoms with Gasteiger partial charge in [-0.1, -0.05) is 0 Å². The summed E-state index contributed by atoms with van der Waals surface area (Å²) in [7, 11) is -1.61. The van der Waals surface area contributed by atoms with Crippen molar-refractivity contribution >= 4 is 21.4 Å². The number of fused-ring (bicyclic) bond motifs is 1. The van der Waals surface area contributed by atoms with E-state index in [4.69, 9.17) is 4.74 Å². The van der Waals surface area contributed by atoms with Crippen molar-refractivity contribution < 1.29 is 13.2 Å². The van der Waals surface area contributed by atoms with Crippen LogP contribution in [-0.4, -0.2) is 34.4 Å². The van der Waals surface area contributed by atoms with Gasteiger partial charge in [0.15, 0.2) is 0 Å². The molecule has 1 N–H and O–H groups in total. The van der Waals surface area contributed by atoms with E-state index < -0.39 is 10.0 Å². The van der Waals surface area contributed by atoms with Gasteiger partial charge in [-0.25, -0.2) is 8.42 Å². The minimum atomic E-state index is -3.20. The Morgan fingerprint density at radius 2 is 2.24 bits per heavy atom. The molecule has 0 amide bonds. The molecule has 1 heterocycles. The molecular formula is C11H16N2O3S. The predicted octanol–water partition coefficient (Wildman–Crippen LogP) is 1.28. The van der Waals surface area contributed by atoms with Crippen molar-refractivity contribution in [3.8, 4) is 5.75 Å². The zero-order valence-electron chi connectivity index (χ0n) is 9.93. The number of nitrogens with one attached hydrogen (secondary N) is 1. The Hall–Kier alpha value is -1.43. The largest absolute Gasteiger partial charge is 0.497 e. The third-order valence-electron chi connectivity index (χ3n) is 2.80. The Morgan fingerprint density at radius 3 is 2.88 bits per heavy atom. The van der Waals surface area contributed by atoms with Gasteiger partial charge in [-0.05, 0) is 19.1 Å². The molecule has 0 saturated heterocycles. The van der Waals surface area contributed by atoms with Gasteiger partial charge in [0.2, 0.25) is 10.0 Å². The molecule has 94 valence electrons. The quantitative estimate of drug-likeness (QED) is 0.885. The van der Waals surface area contributed by atoms with Crippen molar-refractivity contribution in [3.05, 3.63) is 18.2 Å². The number of benzene rings is 1. The fourth-order valence-electron chi connectivity index (χ4n) is 1.86. The highest BCUT2D eigenvalue weighted by Gasteiger charge is 2.25. The van der Waals surface area contributed by atoms with E-state index in [0.717, 1.165) is 5.69 Å². The van der Waals surface area contributed by atoms with E-state index in [2.05, 4.69) is 5.32 Å². The molecule has 0 spiro atoms. The summed E-state index contributed by atoms with van der Waals surface area (Å²) < 4.78 is 30.5. The van der Waals surface area contributed by atoms with Crippen LogP contribution >= 0.6 is 0 Å². The van der Waals surface area contributed by atoms with E-state index in [-0.39, 0.29) is 5.75 Å². The number of hydrogen-bond donors (Lipinski definition) is 1. The maximum atomic E-state index is 11.9. The molecule has 6 heteroatoms. The maximum Gasteiger partial charge on any atom is 0.235 e. The molecule has 0 bridgehead atoms. The average molecular weight is 256 g/mol. The van der Waals surface area contributed by atoms with E-state index in [9.17, 15) is 8.42 Å². The van der Waals surface area contributed by atoms with Gasteiger partial charge in [0.05, 0.1) is 30.8 Å². The summed E-state index contributed by atoms with van der Waals surface area (Å²) >= 11 is 0. The van der Waals surface area contributed by atoms with Crippen LogP contribution in [0, 0.1) is 0 Å². The summed E-state index contributed by atoms with van der Waals surface area (Å²) in [6, 6.07) is 5.35. The molecule has 0 fully saturated rings. The van der Waals surface area contributed by atoms with Gasteiger partial charge >= 0.3 is 0 Å². The minimum Gasteiger partial charge on any atom is -0.497 e. The van der Waals surface area contributed by atoms with Crippen LogP contribution < -0.4 is 14.4 Å². The normalized spacial score (nSPS) is 15.1. The van der Waals surface area contributed by atoms with Crippen LogP contribution in [0.3, 0.4) is 0 Å². The molecule has 0 atom stereocenters. The molecule has 5 nitrogen and oxygen atoms in total. The lowest BCUT2D eigenvalue weighted by Crippen LogP contribution is -2.39. The SMILES string of the molecule is CCS(=O)(=O)N1CCNc2cc(OC)ccc21. The first-order valence-corrected chi connectivity index (χ1v) is 7.11.